The van der Waals surface area contributed by atoms with Crippen LogP contribution in [0.1, 0.15) is 0 Å². The lowest BCUT2D eigenvalue weighted by Crippen LogP contribution is -2.12. The molecule has 0 spiro atoms. The molecule has 0 rings (SSSR count). The summed E-state index contributed by atoms with van der Waals surface area (Å²) in [6, 6.07) is 0. The van der Waals surface area contributed by atoms with E-state index in [2.05, 4.69) is 15.9 Å². The summed E-state index contributed by atoms with van der Waals surface area (Å²) in [4.78, 5) is 0. The van der Waals surface area contributed by atoms with E-state index in [1.807, 2.05) is 0 Å². The van der Waals surface area contributed by atoms with Crippen LogP contribution in [0.2, 0.25) is 0 Å². The molecule has 0 saturated heterocycles. The Bertz CT molecular complexity index is 32.5. The maximum atomic E-state index is 8.01. The average Bonchev–Trinajstić information content (AvgIpc) is 1.36. The first-order valence-electron chi connectivity index (χ1n) is 1.29. The lowest BCUT2D eigenvalue weighted by Gasteiger charge is -1.99. The standard InChI is InChI=1S/C2H4BrClO2/c3-1(4)2(5)6/h1-2,5-6H. The van der Waals surface area contributed by atoms with Gasteiger partial charge in [-0.2, -0.15) is 0 Å². The number of aliphatic hydroxyl groups excluding tert-OH is 1. The third-order valence-corrected chi connectivity index (χ3v) is 0.924. The van der Waals surface area contributed by atoms with Crippen LogP contribution < -0.4 is 0 Å². The molecule has 1 atom stereocenters. The second kappa shape index (κ2) is 2.80. The van der Waals surface area contributed by atoms with E-state index in [1.165, 1.54) is 0 Å². The van der Waals surface area contributed by atoms with E-state index in [1.54, 1.807) is 0 Å². The molecule has 38 valence electrons. The largest absolute Gasteiger partial charge is 0.366 e. The van der Waals surface area contributed by atoms with Crippen molar-refractivity contribution in [3.63, 3.8) is 0 Å². The van der Waals surface area contributed by atoms with Crippen LogP contribution >= 0.6 is 27.5 Å². The van der Waals surface area contributed by atoms with Crippen LogP contribution in [0.15, 0.2) is 0 Å². The van der Waals surface area contributed by atoms with Crippen molar-refractivity contribution in [2.24, 2.45) is 0 Å². The van der Waals surface area contributed by atoms with Gasteiger partial charge in [-0.05, 0) is 0 Å². The smallest absolute Gasteiger partial charge is 0.178 e. The van der Waals surface area contributed by atoms with Crippen molar-refractivity contribution >= 4 is 27.5 Å². The van der Waals surface area contributed by atoms with Gasteiger partial charge in [-0.25, -0.2) is 0 Å². The molecule has 6 heavy (non-hydrogen) atoms. The van der Waals surface area contributed by atoms with Gasteiger partial charge in [0.05, 0.1) is 0 Å². The molecular weight excluding hydrogens is 171 g/mol. The third-order valence-electron chi connectivity index (χ3n) is 0.225. The summed E-state index contributed by atoms with van der Waals surface area (Å²) in [6.45, 7) is 0. The molecule has 0 heterocycles. The van der Waals surface area contributed by atoms with Crippen LogP contribution in [0.5, 0.6) is 0 Å². The van der Waals surface area contributed by atoms with Crippen LogP contribution in [0.3, 0.4) is 0 Å². The summed E-state index contributed by atoms with van der Waals surface area (Å²) in [6.07, 6.45) is -1.47. The van der Waals surface area contributed by atoms with Crippen molar-refractivity contribution in [2.75, 3.05) is 0 Å². The molecule has 0 aliphatic heterocycles. The number of halogens is 2. The van der Waals surface area contributed by atoms with Crippen LogP contribution in [-0.2, 0) is 0 Å². The SMILES string of the molecule is OC(O)C(Cl)Br. The first kappa shape index (κ1) is 6.69. The van der Waals surface area contributed by atoms with Gasteiger partial charge >= 0.3 is 0 Å². The van der Waals surface area contributed by atoms with Crippen LogP contribution in [0.4, 0.5) is 0 Å². The van der Waals surface area contributed by atoms with Gasteiger partial charge in [-0.3, -0.25) is 0 Å². The lowest BCUT2D eigenvalue weighted by atomic mass is 10.8. The Labute approximate surface area is 48.9 Å². The van der Waals surface area contributed by atoms with Gasteiger partial charge in [0.2, 0.25) is 0 Å². The fourth-order valence-electron chi connectivity index (χ4n) is 0. The molecule has 0 radical (unpaired) electrons. The summed E-state index contributed by atoms with van der Waals surface area (Å²) in [5.74, 6) is 0. The number of aliphatic hydroxyl groups is 2. The third kappa shape index (κ3) is 2.90. The highest BCUT2D eigenvalue weighted by Crippen LogP contribution is 2.06. The minimum Gasteiger partial charge on any atom is -0.366 e. The Hall–Kier alpha value is 0.690. The van der Waals surface area contributed by atoms with Crippen molar-refractivity contribution in [3.8, 4) is 0 Å². The molecular formula is C2H4BrClO2. The zero-order chi connectivity index (χ0) is 5.15. The summed E-state index contributed by atoms with van der Waals surface area (Å²) >= 11 is 7.73. The number of rotatable bonds is 1. The molecule has 0 aromatic carbocycles. The van der Waals surface area contributed by atoms with E-state index in [0.717, 1.165) is 0 Å². The van der Waals surface area contributed by atoms with Crippen LogP contribution in [0.25, 0.3) is 0 Å². The van der Waals surface area contributed by atoms with E-state index in [4.69, 9.17) is 21.8 Å². The first-order valence-corrected chi connectivity index (χ1v) is 2.64. The predicted molar refractivity (Wildman–Crippen MR) is 26.8 cm³/mol. The molecule has 0 aromatic heterocycles. The lowest BCUT2D eigenvalue weighted by molar-refractivity contribution is -0.0250. The van der Waals surface area contributed by atoms with E-state index in [-0.39, 0.29) is 0 Å². The molecule has 2 nitrogen and oxygen atoms in total. The topological polar surface area (TPSA) is 40.5 Å². The minimum atomic E-state index is -1.47. The number of hydrogen-bond donors (Lipinski definition) is 2. The highest BCUT2D eigenvalue weighted by molar-refractivity contribution is 9.10. The van der Waals surface area contributed by atoms with Crippen molar-refractivity contribution < 1.29 is 10.2 Å². The second-order valence-corrected chi connectivity index (χ2v) is 2.73. The van der Waals surface area contributed by atoms with Gasteiger partial charge < -0.3 is 10.2 Å². The molecule has 2 N–H and O–H groups in total. The van der Waals surface area contributed by atoms with Gasteiger partial charge in [0.1, 0.15) is 4.29 Å². The Morgan fingerprint density at radius 3 is 1.67 bits per heavy atom. The monoisotopic (exact) mass is 174 g/mol. The van der Waals surface area contributed by atoms with Gasteiger partial charge in [0, 0.05) is 0 Å². The van der Waals surface area contributed by atoms with E-state index in [0.29, 0.717) is 0 Å². The Balaban J connectivity index is 2.99. The van der Waals surface area contributed by atoms with Gasteiger partial charge in [-0.15, -0.1) is 11.6 Å². The maximum absolute atomic E-state index is 8.01. The van der Waals surface area contributed by atoms with Gasteiger partial charge in [0.15, 0.2) is 6.29 Å². The van der Waals surface area contributed by atoms with E-state index >= 15 is 0 Å². The van der Waals surface area contributed by atoms with E-state index in [9.17, 15) is 0 Å². The summed E-state index contributed by atoms with van der Waals surface area (Å²) in [7, 11) is 0. The fraction of sp³-hybridized carbons (Fsp3) is 1.00. The number of alkyl halides is 2. The van der Waals surface area contributed by atoms with Crippen LogP contribution in [0, 0.1) is 0 Å². The molecule has 0 saturated carbocycles. The van der Waals surface area contributed by atoms with Crippen molar-refractivity contribution in [1.82, 2.24) is 0 Å². The van der Waals surface area contributed by atoms with Crippen molar-refractivity contribution in [1.29, 1.82) is 0 Å². The Morgan fingerprint density at radius 2 is 1.67 bits per heavy atom. The first-order chi connectivity index (χ1) is 2.64. The van der Waals surface area contributed by atoms with Crippen LogP contribution in [-0.4, -0.2) is 20.8 Å². The molecule has 0 fully saturated rings. The van der Waals surface area contributed by atoms with Crippen molar-refractivity contribution in [2.45, 2.75) is 10.6 Å². The second-order valence-electron chi connectivity index (χ2n) is 0.748. The van der Waals surface area contributed by atoms with Gasteiger partial charge in [-0.1, -0.05) is 15.9 Å². The summed E-state index contributed by atoms with van der Waals surface area (Å²) < 4.78 is -0.752. The predicted octanol–water partition coefficient (Wildman–Crippen LogP) is 0.257. The fourth-order valence-corrected chi connectivity index (χ4v) is 0. The molecule has 0 bridgehead atoms. The average molecular weight is 175 g/mol. The quantitative estimate of drug-likeness (QED) is 0.443. The molecule has 0 amide bonds. The van der Waals surface area contributed by atoms with E-state index < -0.39 is 10.6 Å². The molecule has 4 heteroatoms. The van der Waals surface area contributed by atoms with Crippen molar-refractivity contribution in [3.05, 3.63) is 0 Å². The highest BCUT2D eigenvalue weighted by Gasteiger charge is 2.05. The zero-order valence-corrected chi connectivity index (χ0v) is 5.15. The molecule has 0 aliphatic carbocycles. The molecule has 1 unspecified atom stereocenters. The van der Waals surface area contributed by atoms with Gasteiger partial charge in [0.25, 0.3) is 0 Å². The molecule has 0 aromatic rings. The summed E-state index contributed by atoms with van der Waals surface area (Å²) in [5.41, 5.74) is 0. The highest BCUT2D eigenvalue weighted by atomic mass is 79.9. The Morgan fingerprint density at radius 1 is 1.50 bits per heavy atom. The molecule has 0 aliphatic rings. The zero-order valence-electron chi connectivity index (χ0n) is 2.81. The Kier molecular flexibility index (Phi) is 3.12. The maximum Gasteiger partial charge on any atom is 0.178 e. The minimum absolute atomic E-state index is 0.752. The number of hydrogen-bond acceptors (Lipinski definition) is 2. The summed E-state index contributed by atoms with van der Waals surface area (Å²) in [5, 5.41) is 16.0. The normalized spacial score (nSPS) is 15.5.